The number of para-hydroxylation sites is 1. The fourth-order valence-corrected chi connectivity index (χ4v) is 2.52. The number of nitrogens with zero attached hydrogens (tertiary/aromatic N) is 2. The van der Waals surface area contributed by atoms with Gasteiger partial charge in [0.15, 0.2) is 0 Å². The lowest BCUT2D eigenvalue weighted by Crippen LogP contribution is -2.20. The first kappa shape index (κ1) is 9.73. The second-order valence-electron chi connectivity index (χ2n) is 3.95. The maximum Gasteiger partial charge on any atom is 0.125 e. The van der Waals surface area contributed by atoms with Gasteiger partial charge < -0.3 is 9.88 Å². The molecule has 0 saturated heterocycles. The molecular weight excluding hydrogens is 222 g/mol. The van der Waals surface area contributed by atoms with E-state index in [1.54, 1.807) is 6.20 Å². The van der Waals surface area contributed by atoms with Crippen LogP contribution in [0.3, 0.4) is 0 Å². The van der Waals surface area contributed by atoms with Crippen LogP contribution in [0, 0.1) is 0 Å². The summed E-state index contributed by atoms with van der Waals surface area (Å²) in [4.78, 5) is 9.63. The van der Waals surface area contributed by atoms with Crippen molar-refractivity contribution < 1.29 is 0 Å². The molecular formula is C12H12ClN3. The predicted octanol–water partition coefficient (Wildman–Crippen LogP) is 2.63. The standard InChI is InChI=1S/C12H12ClN3/c13-10-3-1-2-9-4-7-16(12(9)10)8-11-14-5-6-15-11/h1-3,5-6H,4,7-8H2,(H,14,15). The number of halogens is 1. The first-order valence-electron chi connectivity index (χ1n) is 5.35. The van der Waals surface area contributed by atoms with Crippen molar-refractivity contribution in [2.24, 2.45) is 0 Å². The zero-order chi connectivity index (χ0) is 11.0. The summed E-state index contributed by atoms with van der Waals surface area (Å²) >= 11 is 6.23. The first-order chi connectivity index (χ1) is 7.84. The largest absolute Gasteiger partial charge is 0.362 e. The molecule has 0 amide bonds. The van der Waals surface area contributed by atoms with Crippen molar-refractivity contribution in [1.29, 1.82) is 0 Å². The van der Waals surface area contributed by atoms with Crippen molar-refractivity contribution in [1.82, 2.24) is 9.97 Å². The fraction of sp³-hybridized carbons (Fsp3) is 0.250. The van der Waals surface area contributed by atoms with Gasteiger partial charge in [-0.25, -0.2) is 4.98 Å². The number of nitrogens with one attached hydrogen (secondary N) is 1. The van der Waals surface area contributed by atoms with E-state index in [1.807, 2.05) is 18.3 Å². The van der Waals surface area contributed by atoms with Crippen LogP contribution in [0.2, 0.25) is 5.02 Å². The third-order valence-electron chi connectivity index (χ3n) is 2.93. The van der Waals surface area contributed by atoms with Crippen LogP contribution >= 0.6 is 11.6 Å². The van der Waals surface area contributed by atoms with Crippen molar-refractivity contribution >= 4 is 17.3 Å². The lowest BCUT2D eigenvalue weighted by molar-refractivity contribution is 0.798. The maximum absolute atomic E-state index is 6.23. The zero-order valence-corrected chi connectivity index (χ0v) is 9.54. The molecule has 0 unspecified atom stereocenters. The molecule has 0 aliphatic carbocycles. The van der Waals surface area contributed by atoms with Crippen LogP contribution in [0.4, 0.5) is 5.69 Å². The van der Waals surface area contributed by atoms with Crippen LogP contribution in [0.5, 0.6) is 0 Å². The Balaban J connectivity index is 1.91. The summed E-state index contributed by atoms with van der Waals surface area (Å²) in [6.45, 7) is 1.81. The lowest BCUT2D eigenvalue weighted by Gasteiger charge is -2.18. The summed E-state index contributed by atoms with van der Waals surface area (Å²) in [7, 11) is 0. The Bertz CT molecular complexity index is 493. The molecule has 1 aromatic carbocycles. The number of aromatic amines is 1. The second-order valence-corrected chi connectivity index (χ2v) is 4.36. The molecule has 0 spiro atoms. The van der Waals surface area contributed by atoms with Crippen LogP contribution in [-0.4, -0.2) is 16.5 Å². The normalized spacial score (nSPS) is 14.2. The van der Waals surface area contributed by atoms with E-state index >= 15 is 0 Å². The first-order valence-corrected chi connectivity index (χ1v) is 5.73. The van der Waals surface area contributed by atoms with E-state index in [4.69, 9.17) is 11.6 Å². The summed E-state index contributed by atoms with van der Waals surface area (Å²) in [6.07, 6.45) is 4.69. The Kier molecular flexibility index (Phi) is 2.33. The number of fused-ring (bicyclic) bond motifs is 1. The number of rotatable bonds is 2. The molecule has 3 nitrogen and oxygen atoms in total. The van der Waals surface area contributed by atoms with Gasteiger partial charge in [0.25, 0.3) is 0 Å². The fourth-order valence-electron chi connectivity index (χ4n) is 2.21. The topological polar surface area (TPSA) is 31.9 Å². The number of hydrogen-bond acceptors (Lipinski definition) is 2. The van der Waals surface area contributed by atoms with Gasteiger partial charge in [-0.3, -0.25) is 0 Å². The molecule has 16 heavy (non-hydrogen) atoms. The van der Waals surface area contributed by atoms with Gasteiger partial charge in [-0.05, 0) is 18.1 Å². The van der Waals surface area contributed by atoms with Crippen molar-refractivity contribution in [3.05, 3.63) is 47.0 Å². The Morgan fingerprint density at radius 3 is 3.19 bits per heavy atom. The summed E-state index contributed by atoms with van der Waals surface area (Å²) in [5.41, 5.74) is 2.50. The van der Waals surface area contributed by atoms with Gasteiger partial charge in [0.05, 0.1) is 17.3 Å². The quantitative estimate of drug-likeness (QED) is 0.865. The van der Waals surface area contributed by atoms with Gasteiger partial charge >= 0.3 is 0 Å². The van der Waals surface area contributed by atoms with Crippen LogP contribution in [0.1, 0.15) is 11.4 Å². The van der Waals surface area contributed by atoms with Crippen molar-refractivity contribution in [3.8, 4) is 0 Å². The monoisotopic (exact) mass is 233 g/mol. The van der Waals surface area contributed by atoms with Gasteiger partial charge in [0.2, 0.25) is 0 Å². The molecule has 2 aromatic rings. The molecule has 0 saturated carbocycles. The molecule has 3 rings (SSSR count). The van der Waals surface area contributed by atoms with Crippen LogP contribution in [0.25, 0.3) is 0 Å². The lowest BCUT2D eigenvalue weighted by atomic mass is 10.2. The summed E-state index contributed by atoms with van der Waals surface area (Å²) < 4.78 is 0. The average Bonchev–Trinajstić information content (AvgIpc) is 2.90. The minimum absolute atomic E-state index is 0.795. The second kappa shape index (κ2) is 3.83. The van der Waals surface area contributed by atoms with Crippen LogP contribution in [-0.2, 0) is 13.0 Å². The van der Waals surface area contributed by atoms with Gasteiger partial charge in [-0.2, -0.15) is 0 Å². The molecule has 1 aromatic heterocycles. The summed E-state index contributed by atoms with van der Waals surface area (Å²) in [5, 5.41) is 0.835. The van der Waals surface area contributed by atoms with Crippen molar-refractivity contribution in [3.63, 3.8) is 0 Å². The van der Waals surface area contributed by atoms with Crippen LogP contribution < -0.4 is 4.90 Å². The molecule has 1 aliphatic heterocycles. The Morgan fingerprint density at radius 2 is 2.38 bits per heavy atom. The highest BCUT2D eigenvalue weighted by atomic mass is 35.5. The maximum atomic E-state index is 6.23. The highest BCUT2D eigenvalue weighted by Gasteiger charge is 2.21. The van der Waals surface area contributed by atoms with Crippen molar-refractivity contribution in [2.75, 3.05) is 11.4 Å². The molecule has 0 fully saturated rings. The molecule has 0 bridgehead atoms. The number of anilines is 1. The molecule has 0 radical (unpaired) electrons. The SMILES string of the molecule is Clc1cccc2c1N(Cc1ncc[nH]1)CC2. The highest BCUT2D eigenvalue weighted by Crippen LogP contribution is 2.35. The minimum Gasteiger partial charge on any atom is -0.362 e. The van der Waals surface area contributed by atoms with Gasteiger partial charge in [0, 0.05) is 18.9 Å². The Hall–Kier alpha value is -1.48. The van der Waals surface area contributed by atoms with E-state index in [0.29, 0.717) is 0 Å². The number of aromatic nitrogens is 2. The molecule has 2 heterocycles. The van der Waals surface area contributed by atoms with E-state index in [9.17, 15) is 0 Å². The summed E-state index contributed by atoms with van der Waals surface area (Å²) in [5.74, 6) is 0.979. The van der Waals surface area contributed by atoms with Crippen LogP contribution in [0.15, 0.2) is 30.6 Å². The molecule has 4 heteroatoms. The predicted molar refractivity (Wildman–Crippen MR) is 64.8 cm³/mol. The molecule has 1 aliphatic rings. The van der Waals surface area contributed by atoms with Gasteiger partial charge in [0.1, 0.15) is 5.82 Å². The Labute approximate surface area is 99.1 Å². The molecule has 82 valence electrons. The summed E-state index contributed by atoms with van der Waals surface area (Å²) in [6, 6.07) is 6.10. The van der Waals surface area contributed by atoms with E-state index in [1.165, 1.54) is 11.3 Å². The third-order valence-corrected chi connectivity index (χ3v) is 3.24. The van der Waals surface area contributed by atoms with E-state index in [2.05, 4.69) is 20.9 Å². The van der Waals surface area contributed by atoms with E-state index in [0.717, 1.165) is 30.4 Å². The molecule has 1 N–H and O–H groups in total. The number of benzene rings is 1. The van der Waals surface area contributed by atoms with E-state index in [-0.39, 0.29) is 0 Å². The zero-order valence-electron chi connectivity index (χ0n) is 8.78. The van der Waals surface area contributed by atoms with E-state index < -0.39 is 0 Å². The average molecular weight is 234 g/mol. The molecule has 0 atom stereocenters. The number of imidazole rings is 1. The Morgan fingerprint density at radius 1 is 1.44 bits per heavy atom. The third kappa shape index (κ3) is 1.57. The number of hydrogen-bond donors (Lipinski definition) is 1. The van der Waals surface area contributed by atoms with Crippen molar-refractivity contribution in [2.45, 2.75) is 13.0 Å². The minimum atomic E-state index is 0.795. The highest BCUT2D eigenvalue weighted by molar-refractivity contribution is 6.33. The van der Waals surface area contributed by atoms with Gasteiger partial charge in [-0.1, -0.05) is 23.7 Å². The smallest absolute Gasteiger partial charge is 0.125 e. The number of H-pyrrole nitrogens is 1. The van der Waals surface area contributed by atoms with Gasteiger partial charge in [-0.15, -0.1) is 0 Å².